The third-order valence-corrected chi connectivity index (χ3v) is 4.94. The summed E-state index contributed by atoms with van der Waals surface area (Å²) in [5, 5.41) is 3.04. The van der Waals surface area contributed by atoms with Crippen LogP contribution in [0.1, 0.15) is 38.3 Å². The van der Waals surface area contributed by atoms with Gasteiger partial charge in [0.15, 0.2) is 0 Å². The van der Waals surface area contributed by atoms with E-state index in [1.165, 1.54) is 0 Å². The zero-order valence-corrected chi connectivity index (χ0v) is 15.8. The van der Waals surface area contributed by atoms with Crippen LogP contribution in [0.2, 0.25) is 0 Å². The molecule has 0 bridgehead atoms. The SMILES string of the molecule is CCOC(=O)C1CCN(C(=O)NC(C)c2ccc(-n3ccnc3)cc2)CC1. The molecule has 1 unspecified atom stereocenters. The van der Waals surface area contributed by atoms with E-state index in [1.54, 1.807) is 17.4 Å². The molecule has 2 amide bonds. The number of hydrogen-bond acceptors (Lipinski definition) is 4. The first-order chi connectivity index (χ1) is 13.1. The molecule has 1 saturated heterocycles. The molecule has 1 aromatic heterocycles. The molecule has 3 rings (SSSR count). The topological polar surface area (TPSA) is 76.5 Å². The standard InChI is InChI=1S/C20H26N4O3/c1-3-27-19(25)17-8-11-23(12-9-17)20(26)22-15(2)16-4-6-18(7-5-16)24-13-10-21-14-24/h4-7,10,13-15,17H,3,8-9,11-12H2,1-2H3,(H,22,26). The number of imidazole rings is 1. The summed E-state index contributed by atoms with van der Waals surface area (Å²) in [5.74, 6) is -0.244. The van der Waals surface area contributed by atoms with Crippen molar-refractivity contribution < 1.29 is 14.3 Å². The highest BCUT2D eigenvalue weighted by Gasteiger charge is 2.28. The summed E-state index contributed by atoms with van der Waals surface area (Å²) in [7, 11) is 0. The lowest BCUT2D eigenvalue weighted by molar-refractivity contribution is -0.149. The van der Waals surface area contributed by atoms with Crippen molar-refractivity contribution in [3.8, 4) is 5.69 Å². The molecule has 1 atom stereocenters. The molecule has 1 fully saturated rings. The highest BCUT2D eigenvalue weighted by Crippen LogP contribution is 2.20. The number of likely N-dealkylation sites (tertiary alicyclic amines) is 1. The van der Waals surface area contributed by atoms with Crippen LogP contribution in [0.3, 0.4) is 0 Å². The summed E-state index contributed by atoms with van der Waals surface area (Å²) >= 11 is 0. The molecule has 27 heavy (non-hydrogen) atoms. The first kappa shape index (κ1) is 18.9. The van der Waals surface area contributed by atoms with E-state index in [4.69, 9.17) is 4.74 Å². The molecule has 0 radical (unpaired) electrons. The van der Waals surface area contributed by atoms with Gasteiger partial charge in [0, 0.05) is 31.2 Å². The fourth-order valence-corrected chi connectivity index (χ4v) is 3.29. The monoisotopic (exact) mass is 370 g/mol. The highest BCUT2D eigenvalue weighted by atomic mass is 16.5. The van der Waals surface area contributed by atoms with E-state index in [0.717, 1.165) is 11.3 Å². The molecular formula is C20H26N4O3. The number of rotatable bonds is 5. The number of aromatic nitrogens is 2. The van der Waals surface area contributed by atoms with Crippen LogP contribution < -0.4 is 5.32 Å². The minimum atomic E-state index is -0.149. The van der Waals surface area contributed by atoms with Gasteiger partial charge in [-0.3, -0.25) is 4.79 Å². The summed E-state index contributed by atoms with van der Waals surface area (Å²) in [4.78, 5) is 30.1. The lowest BCUT2D eigenvalue weighted by Crippen LogP contribution is -2.46. The molecule has 0 spiro atoms. The van der Waals surface area contributed by atoms with Gasteiger partial charge in [0.05, 0.1) is 24.9 Å². The van der Waals surface area contributed by atoms with Gasteiger partial charge in [-0.1, -0.05) is 12.1 Å². The van der Waals surface area contributed by atoms with Gasteiger partial charge in [0.2, 0.25) is 0 Å². The number of ether oxygens (including phenoxy) is 1. The maximum atomic E-state index is 12.5. The number of hydrogen-bond donors (Lipinski definition) is 1. The average Bonchev–Trinajstić information content (AvgIpc) is 3.23. The van der Waals surface area contributed by atoms with Crippen LogP contribution in [0.4, 0.5) is 4.79 Å². The normalized spacial score (nSPS) is 16.0. The van der Waals surface area contributed by atoms with Crippen LogP contribution >= 0.6 is 0 Å². The van der Waals surface area contributed by atoms with Crippen molar-refractivity contribution in [3.63, 3.8) is 0 Å². The maximum absolute atomic E-state index is 12.5. The van der Waals surface area contributed by atoms with Gasteiger partial charge in [-0.15, -0.1) is 0 Å². The Morgan fingerprint density at radius 1 is 1.26 bits per heavy atom. The molecule has 2 heterocycles. The van der Waals surface area contributed by atoms with Crippen LogP contribution in [0.25, 0.3) is 5.69 Å². The molecule has 0 saturated carbocycles. The van der Waals surface area contributed by atoms with E-state index in [0.29, 0.717) is 32.5 Å². The van der Waals surface area contributed by atoms with Gasteiger partial charge in [0.1, 0.15) is 0 Å². The third-order valence-electron chi connectivity index (χ3n) is 4.94. The first-order valence-electron chi connectivity index (χ1n) is 9.39. The number of urea groups is 1. The fourth-order valence-electron chi connectivity index (χ4n) is 3.29. The fraction of sp³-hybridized carbons (Fsp3) is 0.450. The number of amides is 2. The second kappa shape index (κ2) is 8.70. The van der Waals surface area contributed by atoms with E-state index in [9.17, 15) is 9.59 Å². The number of benzene rings is 1. The van der Waals surface area contributed by atoms with Crippen LogP contribution in [-0.4, -0.2) is 46.1 Å². The molecule has 7 heteroatoms. The zero-order chi connectivity index (χ0) is 19.2. The molecule has 2 aromatic rings. The highest BCUT2D eigenvalue weighted by molar-refractivity contribution is 5.76. The van der Waals surface area contributed by atoms with Crippen LogP contribution in [0, 0.1) is 5.92 Å². The Labute approximate surface area is 159 Å². The Balaban J connectivity index is 1.51. The van der Waals surface area contributed by atoms with E-state index in [1.807, 2.05) is 48.9 Å². The number of nitrogens with zero attached hydrogens (tertiary/aromatic N) is 3. The lowest BCUT2D eigenvalue weighted by atomic mass is 9.97. The Hall–Kier alpha value is -2.83. The van der Waals surface area contributed by atoms with Crippen molar-refractivity contribution in [1.82, 2.24) is 19.8 Å². The number of carbonyl (C=O) groups is 2. The number of nitrogens with one attached hydrogen (secondary N) is 1. The van der Waals surface area contributed by atoms with Gasteiger partial charge in [-0.25, -0.2) is 9.78 Å². The van der Waals surface area contributed by atoms with Gasteiger partial charge in [-0.2, -0.15) is 0 Å². The predicted molar refractivity (Wildman–Crippen MR) is 101 cm³/mol. The number of carbonyl (C=O) groups excluding carboxylic acids is 2. The van der Waals surface area contributed by atoms with Crippen LogP contribution in [0.5, 0.6) is 0 Å². The van der Waals surface area contributed by atoms with Crippen molar-refractivity contribution in [2.75, 3.05) is 19.7 Å². The summed E-state index contributed by atoms with van der Waals surface area (Å²) < 4.78 is 7.00. The van der Waals surface area contributed by atoms with E-state index in [2.05, 4.69) is 10.3 Å². The van der Waals surface area contributed by atoms with Crippen molar-refractivity contribution in [1.29, 1.82) is 0 Å². The van der Waals surface area contributed by atoms with E-state index >= 15 is 0 Å². The van der Waals surface area contributed by atoms with E-state index < -0.39 is 0 Å². The maximum Gasteiger partial charge on any atom is 0.317 e. The Morgan fingerprint density at radius 3 is 2.56 bits per heavy atom. The quantitative estimate of drug-likeness (QED) is 0.821. The Bertz CT molecular complexity index is 750. The van der Waals surface area contributed by atoms with Gasteiger partial charge >= 0.3 is 12.0 Å². The van der Waals surface area contributed by atoms with Crippen molar-refractivity contribution in [3.05, 3.63) is 48.5 Å². The third kappa shape index (κ3) is 4.67. The molecule has 144 valence electrons. The van der Waals surface area contributed by atoms with Gasteiger partial charge in [0.25, 0.3) is 0 Å². The zero-order valence-electron chi connectivity index (χ0n) is 15.8. The number of piperidine rings is 1. The summed E-state index contributed by atoms with van der Waals surface area (Å²) in [6, 6.07) is 7.83. The molecular weight excluding hydrogens is 344 g/mol. The predicted octanol–water partition coefficient (Wildman–Crippen LogP) is 2.92. The smallest absolute Gasteiger partial charge is 0.317 e. The van der Waals surface area contributed by atoms with E-state index in [-0.39, 0.29) is 24.0 Å². The second-order valence-corrected chi connectivity index (χ2v) is 6.75. The van der Waals surface area contributed by atoms with Crippen molar-refractivity contribution in [2.24, 2.45) is 5.92 Å². The summed E-state index contributed by atoms with van der Waals surface area (Å²) in [6.07, 6.45) is 6.68. The van der Waals surface area contributed by atoms with Crippen molar-refractivity contribution in [2.45, 2.75) is 32.7 Å². The van der Waals surface area contributed by atoms with Gasteiger partial charge in [-0.05, 0) is 44.4 Å². The second-order valence-electron chi connectivity index (χ2n) is 6.75. The van der Waals surface area contributed by atoms with Crippen LogP contribution in [0.15, 0.2) is 43.0 Å². The Morgan fingerprint density at radius 2 is 1.96 bits per heavy atom. The minimum Gasteiger partial charge on any atom is -0.466 e. The minimum absolute atomic E-state index is 0.0940. The lowest BCUT2D eigenvalue weighted by Gasteiger charge is -2.32. The van der Waals surface area contributed by atoms with Crippen LogP contribution in [-0.2, 0) is 9.53 Å². The molecule has 1 aliphatic rings. The van der Waals surface area contributed by atoms with Gasteiger partial charge < -0.3 is 19.5 Å². The summed E-state index contributed by atoms with van der Waals surface area (Å²) in [6.45, 7) is 5.32. The molecule has 7 nitrogen and oxygen atoms in total. The molecule has 1 aliphatic heterocycles. The van der Waals surface area contributed by atoms with Crippen molar-refractivity contribution >= 4 is 12.0 Å². The molecule has 1 N–H and O–H groups in total. The Kier molecular flexibility index (Phi) is 6.11. The molecule has 0 aliphatic carbocycles. The largest absolute Gasteiger partial charge is 0.466 e. The average molecular weight is 370 g/mol. The number of esters is 1. The first-order valence-corrected chi connectivity index (χ1v) is 9.39. The summed E-state index contributed by atoms with van der Waals surface area (Å²) in [5.41, 5.74) is 2.06. The molecule has 1 aromatic carbocycles.